The number of ketones is 1. The average molecular weight is 290 g/mol. The molecule has 2 rings (SSSR count). The fraction of sp³-hybridized carbons (Fsp3) is 0.312. The zero-order chi connectivity index (χ0) is 15.4. The maximum atomic E-state index is 12.5. The van der Waals surface area contributed by atoms with Gasteiger partial charge in [0.15, 0.2) is 17.3 Å². The molecule has 0 atom stereocenters. The Kier molecular flexibility index (Phi) is 4.52. The van der Waals surface area contributed by atoms with Crippen LogP contribution in [0.3, 0.4) is 0 Å². The van der Waals surface area contributed by atoms with E-state index < -0.39 is 0 Å². The summed E-state index contributed by atoms with van der Waals surface area (Å²) < 4.78 is 21.2. The van der Waals surface area contributed by atoms with E-state index in [0.717, 1.165) is 12.2 Å². The van der Waals surface area contributed by atoms with Gasteiger partial charge in [0.05, 0.1) is 21.3 Å². The number of rotatable bonds is 6. The molecule has 21 heavy (non-hydrogen) atoms. The molecule has 0 saturated heterocycles. The van der Waals surface area contributed by atoms with Crippen molar-refractivity contribution in [1.82, 2.24) is 0 Å². The van der Waals surface area contributed by atoms with E-state index in [9.17, 15) is 4.79 Å². The molecular weight excluding hydrogens is 272 g/mol. The zero-order valence-electron chi connectivity index (χ0n) is 12.6. The van der Waals surface area contributed by atoms with Gasteiger partial charge in [0.25, 0.3) is 0 Å². The summed E-state index contributed by atoms with van der Waals surface area (Å²) in [7, 11) is 4.53. The second-order valence-electron chi connectivity index (χ2n) is 4.36. The van der Waals surface area contributed by atoms with Crippen LogP contribution in [0, 0.1) is 0 Å². The van der Waals surface area contributed by atoms with Crippen molar-refractivity contribution in [1.29, 1.82) is 0 Å². The maximum Gasteiger partial charge on any atom is 0.228 e. The Morgan fingerprint density at radius 1 is 1.05 bits per heavy atom. The lowest BCUT2D eigenvalue weighted by molar-refractivity contribution is 0.101. The number of methoxy groups -OCH3 is 3. The molecule has 1 heterocycles. The molecule has 0 fully saturated rings. The van der Waals surface area contributed by atoms with Gasteiger partial charge in [-0.05, 0) is 24.3 Å². The Balaban J connectivity index is 2.45. The number of carbonyl (C=O) groups excluding carboxylic acids is 1. The van der Waals surface area contributed by atoms with Gasteiger partial charge in [0, 0.05) is 12.0 Å². The quantitative estimate of drug-likeness (QED) is 0.765. The van der Waals surface area contributed by atoms with Gasteiger partial charge < -0.3 is 18.6 Å². The van der Waals surface area contributed by atoms with Crippen LogP contribution in [0.4, 0.5) is 0 Å². The second-order valence-corrected chi connectivity index (χ2v) is 4.36. The van der Waals surface area contributed by atoms with Crippen molar-refractivity contribution < 1.29 is 23.4 Å². The van der Waals surface area contributed by atoms with Crippen LogP contribution in [-0.4, -0.2) is 27.1 Å². The third-order valence-electron chi connectivity index (χ3n) is 3.16. The highest BCUT2D eigenvalue weighted by atomic mass is 16.5. The predicted octanol–water partition coefficient (Wildman–Crippen LogP) is 3.10. The summed E-state index contributed by atoms with van der Waals surface area (Å²) in [5, 5.41) is 0. The highest BCUT2D eigenvalue weighted by Crippen LogP contribution is 2.38. The van der Waals surface area contributed by atoms with E-state index in [2.05, 4.69) is 0 Å². The summed E-state index contributed by atoms with van der Waals surface area (Å²) in [4.78, 5) is 12.5. The number of furan rings is 1. The number of benzene rings is 1. The SMILES string of the molecule is CCc1ccc(C(=O)c2cc(OC)c(OC)c(OC)c2)o1. The Morgan fingerprint density at radius 2 is 1.67 bits per heavy atom. The lowest BCUT2D eigenvalue weighted by Crippen LogP contribution is -2.03. The third kappa shape index (κ3) is 2.86. The first kappa shape index (κ1) is 15.0. The van der Waals surface area contributed by atoms with Crippen molar-refractivity contribution in [3.05, 3.63) is 41.3 Å². The lowest BCUT2D eigenvalue weighted by atomic mass is 10.1. The van der Waals surface area contributed by atoms with Gasteiger partial charge in [-0.15, -0.1) is 0 Å². The summed E-state index contributed by atoms with van der Waals surface area (Å²) in [6.07, 6.45) is 0.739. The van der Waals surface area contributed by atoms with Gasteiger partial charge in [-0.2, -0.15) is 0 Å². The minimum atomic E-state index is -0.228. The second kappa shape index (κ2) is 6.35. The molecule has 0 radical (unpaired) electrons. The van der Waals surface area contributed by atoms with Crippen LogP contribution in [0.1, 0.15) is 28.8 Å². The van der Waals surface area contributed by atoms with Crippen molar-refractivity contribution >= 4 is 5.78 Å². The number of ether oxygens (including phenoxy) is 3. The molecule has 0 spiro atoms. The first-order chi connectivity index (χ1) is 10.1. The van der Waals surface area contributed by atoms with Crippen LogP contribution < -0.4 is 14.2 Å². The molecule has 0 bridgehead atoms. The molecule has 1 aromatic heterocycles. The molecule has 0 aliphatic rings. The Hall–Kier alpha value is -2.43. The van der Waals surface area contributed by atoms with Crippen LogP contribution in [0.25, 0.3) is 0 Å². The van der Waals surface area contributed by atoms with Gasteiger partial charge in [0.1, 0.15) is 5.76 Å². The predicted molar refractivity (Wildman–Crippen MR) is 77.6 cm³/mol. The van der Waals surface area contributed by atoms with E-state index in [1.165, 1.54) is 21.3 Å². The van der Waals surface area contributed by atoms with Crippen LogP contribution >= 0.6 is 0 Å². The number of aryl methyl sites for hydroxylation is 1. The van der Waals surface area contributed by atoms with Crippen LogP contribution in [0.15, 0.2) is 28.7 Å². The minimum Gasteiger partial charge on any atom is -0.493 e. The number of hydrogen-bond acceptors (Lipinski definition) is 5. The molecule has 2 aromatic rings. The summed E-state index contributed by atoms with van der Waals surface area (Å²) >= 11 is 0. The largest absolute Gasteiger partial charge is 0.493 e. The van der Waals surface area contributed by atoms with Gasteiger partial charge in [-0.25, -0.2) is 0 Å². The molecule has 0 aliphatic heterocycles. The Morgan fingerprint density at radius 3 is 2.10 bits per heavy atom. The molecule has 0 aliphatic carbocycles. The number of hydrogen-bond donors (Lipinski definition) is 0. The van der Waals surface area contributed by atoms with Crippen molar-refractivity contribution in [2.75, 3.05) is 21.3 Å². The molecule has 112 valence electrons. The van der Waals surface area contributed by atoms with E-state index in [0.29, 0.717) is 28.6 Å². The zero-order valence-corrected chi connectivity index (χ0v) is 12.6. The summed E-state index contributed by atoms with van der Waals surface area (Å²) in [6.45, 7) is 1.96. The standard InChI is InChI=1S/C16H18O5/c1-5-11-6-7-12(21-11)15(17)10-8-13(18-2)16(20-4)14(9-10)19-3/h6-9H,5H2,1-4H3. The summed E-state index contributed by atoms with van der Waals surface area (Å²) in [5.74, 6) is 2.15. The topological polar surface area (TPSA) is 57.9 Å². The first-order valence-electron chi connectivity index (χ1n) is 6.58. The molecule has 1 aromatic carbocycles. The first-order valence-corrected chi connectivity index (χ1v) is 6.58. The monoisotopic (exact) mass is 290 g/mol. The van der Waals surface area contributed by atoms with Gasteiger partial charge in [-0.1, -0.05) is 6.92 Å². The fourth-order valence-electron chi connectivity index (χ4n) is 2.04. The fourth-order valence-corrected chi connectivity index (χ4v) is 2.04. The molecule has 0 saturated carbocycles. The molecular formula is C16H18O5. The number of carbonyl (C=O) groups is 1. The van der Waals surface area contributed by atoms with Crippen LogP contribution in [0.5, 0.6) is 17.2 Å². The van der Waals surface area contributed by atoms with Crippen molar-refractivity contribution in [3.8, 4) is 17.2 Å². The Labute approximate surface area is 123 Å². The van der Waals surface area contributed by atoms with E-state index in [-0.39, 0.29) is 5.78 Å². The minimum absolute atomic E-state index is 0.228. The highest BCUT2D eigenvalue weighted by molar-refractivity contribution is 6.07. The van der Waals surface area contributed by atoms with Crippen molar-refractivity contribution in [2.45, 2.75) is 13.3 Å². The maximum absolute atomic E-state index is 12.5. The van der Waals surface area contributed by atoms with Crippen molar-refractivity contribution in [2.24, 2.45) is 0 Å². The average Bonchev–Trinajstić information content (AvgIpc) is 3.01. The van der Waals surface area contributed by atoms with E-state index in [4.69, 9.17) is 18.6 Å². The Bertz CT molecular complexity index is 617. The van der Waals surface area contributed by atoms with Gasteiger partial charge >= 0.3 is 0 Å². The molecule has 0 N–H and O–H groups in total. The van der Waals surface area contributed by atoms with Gasteiger partial charge in [-0.3, -0.25) is 4.79 Å². The summed E-state index contributed by atoms with van der Waals surface area (Å²) in [6, 6.07) is 6.69. The van der Waals surface area contributed by atoms with Crippen LogP contribution in [-0.2, 0) is 6.42 Å². The molecule has 0 unspecified atom stereocenters. The molecule has 5 heteroatoms. The normalized spacial score (nSPS) is 10.3. The smallest absolute Gasteiger partial charge is 0.228 e. The van der Waals surface area contributed by atoms with Crippen molar-refractivity contribution in [3.63, 3.8) is 0 Å². The molecule has 0 amide bonds. The van der Waals surface area contributed by atoms with E-state index >= 15 is 0 Å². The van der Waals surface area contributed by atoms with Gasteiger partial charge in [0.2, 0.25) is 11.5 Å². The lowest BCUT2D eigenvalue weighted by Gasteiger charge is -2.13. The van der Waals surface area contributed by atoms with E-state index in [1.54, 1.807) is 24.3 Å². The highest BCUT2D eigenvalue weighted by Gasteiger charge is 2.20. The summed E-state index contributed by atoms with van der Waals surface area (Å²) in [5.41, 5.74) is 0.418. The third-order valence-corrected chi connectivity index (χ3v) is 3.16. The van der Waals surface area contributed by atoms with Crippen LogP contribution in [0.2, 0.25) is 0 Å². The molecule has 5 nitrogen and oxygen atoms in total. The van der Waals surface area contributed by atoms with E-state index in [1.807, 2.05) is 6.92 Å².